The van der Waals surface area contributed by atoms with Gasteiger partial charge in [-0.25, -0.2) is 0 Å². The summed E-state index contributed by atoms with van der Waals surface area (Å²) < 4.78 is 5.04. The molecule has 0 N–H and O–H groups in total. The quantitative estimate of drug-likeness (QED) is 0.525. The number of hydrogen-bond donors (Lipinski definition) is 0. The molecule has 0 saturated heterocycles. The molecule has 0 aliphatic carbocycles. The molecule has 0 aliphatic rings. The zero-order chi connectivity index (χ0) is 10.4. The minimum atomic E-state index is 0.709. The van der Waals surface area contributed by atoms with Crippen molar-refractivity contribution in [3.63, 3.8) is 0 Å². The van der Waals surface area contributed by atoms with E-state index in [0.717, 1.165) is 0 Å². The van der Waals surface area contributed by atoms with Gasteiger partial charge in [-0.1, -0.05) is 0 Å². The zero-order valence-electron chi connectivity index (χ0n) is 9.11. The van der Waals surface area contributed by atoms with Crippen LogP contribution in [0.2, 0.25) is 0 Å². The molecule has 0 bridgehead atoms. The van der Waals surface area contributed by atoms with Crippen molar-refractivity contribution in [2.45, 2.75) is 52.4 Å². The molecule has 80 valence electrons. The van der Waals surface area contributed by atoms with Crippen LogP contribution in [-0.2, 0) is 12.8 Å². The van der Waals surface area contributed by atoms with Gasteiger partial charge in [0.2, 0.25) is 0 Å². The van der Waals surface area contributed by atoms with Gasteiger partial charge < -0.3 is 0 Å². The number of rotatable bonds is 6. The number of halogens is 1. The molecule has 1 aromatic rings. The van der Waals surface area contributed by atoms with Crippen molar-refractivity contribution in [1.29, 1.82) is 0 Å². The molecule has 0 amide bonds. The van der Waals surface area contributed by atoms with Gasteiger partial charge in [0.15, 0.2) is 0 Å². The summed E-state index contributed by atoms with van der Waals surface area (Å²) in [5.41, 5.74) is 0. The molecular formula is C12H19ISe. The Morgan fingerprint density at radius 2 is 1.79 bits per heavy atom. The summed E-state index contributed by atoms with van der Waals surface area (Å²) in [5.74, 6) is 0. The molecular weight excluding hydrogens is 350 g/mol. The van der Waals surface area contributed by atoms with Gasteiger partial charge in [0.1, 0.15) is 0 Å². The van der Waals surface area contributed by atoms with Gasteiger partial charge in [0, 0.05) is 0 Å². The maximum atomic E-state index is 2.52. The van der Waals surface area contributed by atoms with Crippen LogP contribution in [-0.4, -0.2) is 14.5 Å². The molecule has 0 unspecified atom stereocenters. The van der Waals surface area contributed by atoms with Crippen LogP contribution in [0, 0.1) is 3.57 Å². The van der Waals surface area contributed by atoms with Crippen LogP contribution in [0.1, 0.15) is 48.4 Å². The summed E-state index contributed by atoms with van der Waals surface area (Å²) in [4.78, 5) is 0. The van der Waals surface area contributed by atoms with Crippen LogP contribution in [0.5, 0.6) is 0 Å². The Morgan fingerprint density at radius 3 is 2.43 bits per heavy atom. The molecule has 0 radical (unpaired) electrons. The zero-order valence-corrected chi connectivity index (χ0v) is 13.0. The maximum absolute atomic E-state index is 2.52. The molecule has 0 aliphatic heterocycles. The van der Waals surface area contributed by atoms with Gasteiger partial charge in [-0.05, 0) is 0 Å². The van der Waals surface area contributed by atoms with Crippen LogP contribution >= 0.6 is 22.6 Å². The normalized spacial score (nSPS) is 10.8. The van der Waals surface area contributed by atoms with Gasteiger partial charge in [-0.3, -0.25) is 0 Å². The molecule has 1 aromatic heterocycles. The Labute approximate surface area is 107 Å². The Morgan fingerprint density at radius 1 is 1.14 bits per heavy atom. The average molecular weight is 369 g/mol. The van der Waals surface area contributed by atoms with Crippen LogP contribution in [0.25, 0.3) is 0 Å². The summed E-state index contributed by atoms with van der Waals surface area (Å²) in [5, 5.41) is 0. The minimum absolute atomic E-state index is 0.709. The first-order valence-corrected chi connectivity index (χ1v) is 8.34. The molecule has 0 saturated carbocycles. The molecule has 1 heterocycles. The molecule has 0 atom stereocenters. The Bertz CT molecular complexity index is 265. The second-order valence-corrected chi connectivity index (χ2v) is 7.42. The molecule has 0 nitrogen and oxygen atoms in total. The predicted octanol–water partition coefficient (Wildman–Crippen LogP) is 4.03. The van der Waals surface area contributed by atoms with Crippen molar-refractivity contribution in [1.82, 2.24) is 0 Å². The summed E-state index contributed by atoms with van der Waals surface area (Å²) in [6.45, 7) is 4.56. The van der Waals surface area contributed by atoms with E-state index in [0.29, 0.717) is 14.5 Å². The fraction of sp³-hybridized carbons (Fsp3) is 0.667. The molecule has 0 spiro atoms. The second kappa shape index (κ2) is 7.08. The third kappa shape index (κ3) is 4.08. The Kier molecular flexibility index (Phi) is 6.47. The van der Waals surface area contributed by atoms with Gasteiger partial charge in [-0.2, -0.15) is 0 Å². The average Bonchev–Trinajstić information content (AvgIpc) is 2.53. The van der Waals surface area contributed by atoms with E-state index in [2.05, 4.69) is 42.5 Å². The summed E-state index contributed by atoms with van der Waals surface area (Å²) in [7, 11) is 0. The number of aryl methyl sites for hydroxylation is 2. The van der Waals surface area contributed by atoms with E-state index in [1.165, 1.54) is 38.5 Å². The van der Waals surface area contributed by atoms with Crippen molar-refractivity contribution in [2.75, 3.05) is 0 Å². The third-order valence-electron chi connectivity index (χ3n) is 2.34. The third-order valence-corrected chi connectivity index (χ3v) is 6.76. The van der Waals surface area contributed by atoms with Crippen LogP contribution < -0.4 is 0 Å². The fourth-order valence-electron chi connectivity index (χ4n) is 1.44. The van der Waals surface area contributed by atoms with Crippen molar-refractivity contribution in [3.8, 4) is 0 Å². The van der Waals surface area contributed by atoms with E-state index in [9.17, 15) is 0 Å². The SMILES string of the molecule is CCCCc1cc(I)c(CCCC)[se]1. The van der Waals surface area contributed by atoms with Crippen LogP contribution in [0.15, 0.2) is 6.07 Å². The monoisotopic (exact) mass is 370 g/mol. The predicted molar refractivity (Wildman–Crippen MR) is 73.3 cm³/mol. The standard InChI is InChI=1S/C12H19ISe/c1-3-5-7-10-9-11(13)12(14-10)8-6-4-2/h9H,3-8H2,1-2H3. The topological polar surface area (TPSA) is 0 Å². The summed E-state index contributed by atoms with van der Waals surface area (Å²) in [6.07, 6.45) is 8.10. The van der Waals surface area contributed by atoms with E-state index in [4.69, 9.17) is 0 Å². The molecule has 14 heavy (non-hydrogen) atoms. The summed E-state index contributed by atoms with van der Waals surface area (Å²) in [6, 6.07) is 2.45. The van der Waals surface area contributed by atoms with E-state index in [1.807, 2.05) is 0 Å². The van der Waals surface area contributed by atoms with E-state index in [-0.39, 0.29) is 0 Å². The van der Waals surface area contributed by atoms with E-state index < -0.39 is 0 Å². The first-order valence-electron chi connectivity index (χ1n) is 5.55. The Balaban J connectivity index is 2.53. The van der Waals surface area contributed by atoms with Crippen molar-refractivity contribution < 1.29 is 0 Å². The molecule has 0 aromatic carbocycles. The van der Waals surface area contributed by atoms with Crippen molar-refractivity contribution in [2.24, 2.45) is 0 Å². The molecule has 1 rings (SSSR count). The van der Waals surface area contributed by atoms with Gasteiger partial charge in [-0.15, -0.1) is 0 Å². The van der Waals surface area contributed by atoms with Crippen LogP contribution in [0.4, 0.5) is 0 Å². The van der Waals surface area contributed by atoms with Crippen molar-refractivity contribution >= 4 is 37.1 Å². The van der Waals surface area contributed by atoms with E-state index in [1.54, 1.807) is 12.4 Å². The first-order chi connectivity index (χ1) is 6.77. The summed E-state index contributed by atoms with van der Waals surface area (Å²) >= 11 is 3.23. The van der Waals surface area contributed by atoms with Crippen LogP contribution in [0.3, 0.4) is 0 Å². The van der Waals surface area contributed by atoms with E-state index >= 15 is 0 Å². The molecule has 0 fully saturated rings. The second-order valence-electron chi connectivity index (χ2n) is 3.69. The fourth-order valence-corrected chi connectivity index (χ4v) is 5.53. The molecule has 2 heteroatoms. The van der Waals surface area contributed by atoms with Gasteiger partial charge in [0.05, 0.1) is 0 Å². The van der Waals surface area contributed by atoms with Crippen molar-refractivity contribution in [3.05, 3.63) is 18.5 Å². The van der Waals surface area contributed by atoms with Gasteiger partial charge >= 0.3 is 108 Å². The Hall–Kier alpha value is 0.729. The number of hydrogen-bond acceptors (Lipinski definition) is 0. The first kappa shape index (κ1) is 12.8. The van der Waals surface area contributed by atoms with Gasteiger partial charge in [0.25, 0.3) is 0 Å². The number of unbranched alkanes of at least 4 members (excludes halogenated alkanes) is 2.